The molecule has 6 heteroatoms. The van der Waals surface area contributed by atoms with Gasteiger partial charge in [-0.2, -0.15) is 0 Å². The van der Waals surface area contributed by atoms with Crippen molar-refractivity contribution < 1.29 is 14.3 Å². The number of rotatable bonds is 5. The van der Waals surface area contributed by atoms with Gasteiger partial charge < -0.3 is 9.64 Å². The number of amides is 2. The van der Waals surface area contributed by atoms with E-state index in [1.54, 1.807) is 43.1 Å². The molecule has 0 saturated carbocycles. The summed E-state index contributed by atoms with van der Waals surface area (Å²) < 4.78 is 5.81. The number of nitrogens with zero attached hydrogens (tertiary/aromatic N) is 1. The Kier molecular flexibility index (Phi) is 6.37. The van der Waals surface area contributed by atoms with Crippen LogP contribution in [-0.2, 0) is 11.3 Å². The van der Waals surface area contributed by atoms with Gasteiger partial charge >= 0.3 is 6.09 Å². The summed E-state index contributed by atoms with van der Waals surface area (Å²) in [7, 11) is 1.76. The van der Waals surface area contributed by atoms with E-state index in [2.05, 4.69) is 21.2 Å². The Morgan fingerprint density at radius 2 is 1.71 bits per heavy atom. The molecule has 24 heavy (non-hydrogen) atoms. The Morgan fingerprint density at radius 3 is 2.29 bits per heavy atom. The van der Waals surface area contributed by atoms with E-state index in [1.165, 1.54) is 0 Å². The third kappa shape index (κ3) is 5.09. The fraction of sp³-hybridized carbons (Fsp3) is 0.222. The molecule has 0 aliphatic rings. The maximum atomic E-state index is 12.5. The highest BCUT2D eigenvalue weighted by molar-refractivity contribution is 9.10. The summed E-state index contributed by atoms with van der Waals surface area (Å²) in [6.07, 6.45) is -0.510. The van der Waals surface area contributed by atoms with Crippen molar-refractivity contribution in [2.24, 2.45) is 0 Å². The summed E-state index contributed by atoms with van der Waals surface area (Å²) in [6, 6.07) is 14.6. The first-order chi connectivity index (χ1) is 11.5. The van der Waals surface area contributed by atoms with Gasteiger partial charge in [-0.3, -0.25) is 10.1 Å². The Hall–Kier alpha value is -2.34. The standard InChI is InChI=1S/C18H19BrN2O3/c1-3-24-18(23)20-16-10-6-14(7-11-16)17(22)21(2)12-13-4-8-15(19)9-5-13/h4-11H,3,12H2,1-2H3,(H,20,23). The zero-order valence-electron chi connectivity index (χ0n) is 13.6. The van der Waals surface area contributed by atoms with Gasteiger partial charge in [-0.05, 0) is 48.9 Å². The number of hydrogen-bond acceptors (Lipinski definition) is 3. The van der Waals surface area contributed by atoms with Crippen LogP contribution >= 0.6 is 15.9 Å². The quantitative estimate of drug-likeness (QED) is 0.827. The average Bonchev–Trinajstić information content (AvgIpc) is 2.57. The van der Waals surface area contributed by atoms with E-state index in [0.29, 0.717) is 24.4 Å². The lowest BCUT2D eigenvalue weighted by Crippen LogP contribution is -2.26. The smallest absolute Gasteiger partial charge is 0.411 e. The molecule has 0 aliphatic heterocycles. The van der Waals surface area contributed by atoms with Crippen molar-refractivity contribution in [2.45, 2.75) is 13.5 Å². The molecule has 0 bridgehead atoms. The molecule has 2 amide bonds. The Bertz CT molecular complexity index is 699. The first-order valence-electron chi connectivity index (χ1n) is 7.53. The third-order valence-electron chi connectivity index (χ3n) is 3.33. The van der Waals surface area contributed by atoms with Crippen molar-refractivity contribution in [1.82, 2.24) is 4.90 Å². The molecule has 0 saturated heterocycles. The number of halogens is 1. The lowest BCUT2D eigenvalue weighted by atomic mass is 10.1. The number of ether oxygens (including phenoxy) is 1. The average molecular weight is 391 g/mol. The molecular formula is C18H19BrN2O3. The molecule has 2 aromatic rings. The van der Waals surface area contributed by atoms with Crippen LogP contribution in [-0.4, -0.2) is 30.6 Å². The van der Waals surface area contributed by atoms with Gasteiger partial charge in [0.05, 0.1) is 6.61 Å². The van der Waals surface area contributed by atoms with Crippen LogP contribution in [0.4, 0.5) is 10.5 Å². The van der Waals surface area contributed by atoms with Crippen molar-refractivity contribution in [3.8, 4) is 0 Å². The molecule has 0 aromatic heterocycles. The molecule has 0 fully saturated rings. The monoisotopic (exact) mass is 390 g/mol. The summed E-state index contributed by atoms with van der Waals surface area (Å²) >= 11 is 3.39. The minimum absolute atomic E-state index is 0.0828. The van der Waals surface area contributed by atoms with Gasteiger partial charge in [0.15, 0.2) is 0 Å². The summed E-state index contributed by atoms with van der Waals surface area (Å²) in [4.78, 5) is 25.5. The molecule has 5 nitrogen and oxygen atoms in total. The second-order valence-corrected chi connectivity index (χ2v) is 6.13. The van der Waals surface area contributed by atoms with Crippen LogP contribution in [0, 0.1) is 0 Å². The van der Waals surface area contributed by atoms with Gasteiger partial charge in [0, 0.05) is 29.3 Å². The fourth-order valence-electron chi connectivity index (χ4n) is 2.14. The SMILES string of the molecule is CCOC(=O)Nc1ccc(C(=O)N(C)Cc2ccc(Br)cc2)cc1. The summed E-state index contributed by atoms with van der Waals surface area (Å²) in [5.74, 6) is -0.0828. The highest BCUT2D eigenvalue weighted by Crippen LogP contribution is 2.15. The minimum atomic E-state index is -0.510. The van der Waals surface area contributed by atoms with Gasteiger partial charge in [-0.25, -0.2) is 4.79 Å². The van der Waals surface area contributed by atoms with Crippen LogP contribution in [0.2, 0.25) is 0 Å². The van der Waals surface area contributed by atoms with E-state index >= 15 is 0 Å². The first kappa shape index (κ1) is 18.0. The van der Waals surface area contributed by atoms with E-state index in [0.717, 1.165) is 10.0 Å². The molecule has 126 valence electrons. The Balaban J connectivity index is 1.98. The van der Waals surface area contributed by atoms with Crippen LogP contribution in [0.15, 0.2) is 53.0 Å². The lowest BCUT2D eigenvalue weighted by Gasteiger charge is -2.17. The van der Waals surface area contributed by atoms with Crippen molar-refractivity contribution in [1.29, 1.82) is 0 Å². The molecule has 1 N–H and O–H groups in total. The topological polar surface area (TPSA) is 58.6 Å². The van der Waals surface area contributed by atoms with Crippen LogP contribution < -0.4 is 5.32 Å². The van der Waals surface area contributed by atoms with Crippen molar-refractivity contribution in [3.05, 3.63) is 64.1 Å². The predicted molar refractivity (Wildman–Crippen MR) is 97.0 cm³/mol. The van der Waals surface area contributed by atoms with Crippen LogP contribution in [0.3, 0.4) is 0 Å². The van der Waals surface area contributed by atoms with E-state index in [-0.39, 0.29) is 5.91 Å². The molecule has 0 spiro atoms. The number of nitrogens with one attached hydrogen (secondary N) is 1. The minimum Gasteiger partial charge on any atom is -0.450 e. The lowest BCUT2D eigenvalue weighted by molar-refractivity contribution is 0.0785. The Labute approximate surface area is 149 Å². The van der Waals surface area contributed by atoms with E-state index < -0.39 is 6.09 Å². The molecule has 2 rings (SSSR count). The largest absolute Gasteiger partial charge is 0.450 e. The number of benzene rings is 2. The molecule has 0 radical (unpaired) electrons. The summed E-state index contributed by atoms with van der Waals surface area (Å²) in [6.45, 7) is 2.57. The number of carbonyl (C=O) groups is 2. The number of anilines is 1. The molecule has 0 atom stereocenters. The molecule has 0 unspecified atom stereocenters. The normalized spacial score (nSPS) is 10.1. The zero-order valence-corrected chi connectivity index (χ0v) is 15.2. The Morgan fingerprint density at radius 1 is 1.08 bits per heavy atom. The fourth-order valence-corrected chi connectivity index (χ4v) is 2.40. The maximum absolute atomic E-state index is 12.5. The summed E-state index contributed by atoms with van der Waals surface area (Å²) in [5, 5.41) is 2.59. The van der Waals surface area contributed by atoms with E-state index in [1.807, 2.05) is 24.3 Å². The van der Waals surface area contributed by atoms with Crippen LogP contribution in [0.1, 0.15) is 22.8 Å². The van der Waals surface area contributed by atoms with Crippen molar-refractivity contribution >= 4 is 33.6 Å². The van der Waals surface area contributed by atoms with Gasteiger partial charge in [0.25, 0.3) is 5.91 Å². The number of carbonyl (C=O) groups excluding carboxylic acids is 2. The van der Waals surface area contributed by atoms with Crippen LogP contribution in [0.5, 0.6) is 0 Å². The highest BCUT2D eigenvalue weighted by Gasteiger charge is 2.12. The van der Waals surface area contributed by atoms with Crippen LogP contribution in [0.25, 0.3) is 0 Å². The highest BCUT2D eigenvalue weighted by atomic mass is 79.9. The molecule has 0 aliphatic carbocycles. The molecular weight excluding hydrogens is 372 g/mol. The second-order valence-electron chi connectivity index (χ2n) is 5.21. The zero-order chi connectivity index (χ0) is 17.5. The van der Waals surface area contributed by atoms with Gasteiger partial charge in [-0.1, -0.05) is 28.1 Å². The van der Waals surface area contributed by atoms with E-state index in [9.17, 15) is 9.59 Å². The third-order valence-corrected chi connectivity index (χ3v) is 3.86. The first-order valence-corrected chi connectivity index (χ1v) is 8.32. The molecule has 0 heterocycles. The second kappa shape index (κ2) is 8.49. The van der Waals surface area contributed by atoms with Gasteiger partial charge in [0.1, 0.15) is 0 Å². The summed E-state index contributed by atoms with van der Waals surface area (Å²) in [5.41, 5.74) is 2.19. The van der Waals surface area contributed by atoms with Gasteiger partial charge in [-0.15, -0.1) is 0 Å². The molecule has 2 aromatic carbocycles. The predicted octanol–water partition coefficient (Wildman–Crippen LogP) is 4.29. The van der Waals surface area contributed by atoms with E-state index in [4.69, 9.17) is 4.74 Å². The van der Waals surface area contributed by atoms with Crippen molar-refractivity contribution in [2.75, 3.05) is 19.0 Å². The number of hydrogen-bond donors (Lipinski definition) is 1. The van der Waals surface area contributed by atoms with Crippen molar-refractivity contribution in [3.63, 3.8) is 0 Å². The van der Waals surface area contributed by atoms with Gasteiger partial charge in [0.2, 0.25) is 0 Å². The maximum Gasteiger partial charge on any atom is 0.411 e.